The van der Waals surface area contributed by atoms with Gasteiger partial charge in [0, 0.05) is 30.3 Å². The lowest BCUT2D eigenvalue weighted by Crippen LogP contribution is -2.39. The van der Waals surface area contributed by atoms with Crippen LogP contribution in [0.5, 0.6) is 11.6 Å². The lowest BCUT2D eigenvalue weighted by atomic mass is 10.1. The van der Waals surface area contributed by atoms with Gasteiger partial charge in [0.2, 0.25) is 5.88 Å². The van der Waals surface area contributed by atoms with Crippen LogP contribution in [-0.2, 0) is 4.74 Å². The second-order valence-corrected chi connectivity index (χ2v) is 6.14. The summed E-state index contributed by atoms with van der Waals surface area (Å²) in [6, 6.07) is 8.10. The molecule has 0 saturated carbocycles. The maximum absolute atomic E-state index is 12.1. The monoisotopic (exact) mass is 367 g/mol. The number of carbonyl (C=O) groups is 1. The summed E-state index contributed by atoms with van der Waals surface area (Å²) in [6.45, 7) is 1.32. The molecule has 0 atom stereocenters. The molecule has 0 spiro atoms. The Kier molecular flexibility index (Phi) is 5.50. The molecule has 24 heavy (non-hydrogen) atoms. The van der Waals surface area contributed by atoms with E-state index in [4.69, 9.17) is 32.7 Å². The average Bonchev–Trinajstić information content (AvgIpc) is 2.59. The fourth-order valence-corrected chi connectivity index (χ4v) is 2.71. The van der Waals surface area contributed by atoms with Crippen molar-refractivity contribution in [2.75, 3.05) is 13.2 Å². The van der Waals surface area contributed by atoms with E-state index in [1.54, 1.807) is 30.3 Å². The Morgan fingerprint density at radius 3 is 2.62 bits per heavy atom. The van der Waals surface area contributed by atoms with Crippen molar-refractivity contribution in [3.05, 3.63) is 46.1 Å². The maximum Gasteiger partial charge on any atom is 0.272 e. The minimum Gasteiger partial charge on any atom is -0.436 e. The van der Waals surface area contributed by atoms with Gasteiger partial charge in [0.1, 0.15) is 5.75 Å². The molecule has 1 aromatic carbocycles. The number of ether oxygens (including phenoxy) is 2. The summed E-state index contributed by atoms with van der Waals surface area (Å²) in [7, 11) is 0. The summed E-state index contributed by atoms with van der Waals surface area (Å²) < 4.78 is 10.8. The zero-order valence-electron chi connectivity index (χ0n) is 12.7. The molecular weight excluding hydrogens is 353 g/mol. The first-order valence-corrected chi connectivity index (χ1v) is 8.22. The van der Waals surface area contributed by atoms with E-state index in [0.29, 0.717) is 29.0 Å². The van der Waals surface area contributed by atoms with Crippen molar-refractivity contribution < 1.29 is 14.3 Å². The number of benzene rings is 1. The molecule has 0 bridgehead atoms. The summed E-state index contributed by atoms with van der Waals surface area (Å²) in [5.41, 5.74) is 0.232. The third-order valence-corrected chi connectivity index (χ3v) is 4.07. The second-order valence-electron chi connectivity index (χ2n) is 5.29. The molecular formula is C16H15Cl2N3O3. The number of hydrogen-bond donors (Lipinski definition) is 1. The summed E-state index contributed by atoms with van der Waals surface area (Å²) in [5, 5.41) is 11.6. The van der Waals surface area contributed by atoms with Gasteiger partial charge >= 0.3 is 0 Å². The fourth-order valence-electron chi connectivity index (χ4n) is 2.27. The van der Waals surface area contributed by atoms with Crippen molar-refractivity contribution in [1.29, 1.82) is 0 Å². The van der Waals surface area contributed by atoms with Crippen molar-refractivity contribution in [3.63, 3.8) is 0 Å². The number of amides is 1. The first-order chi connectivity index (χ1) is 11.6. The van der Waals surface area contributed by atoms with Crippen molar-refractivity contribution in [1.82, 2.24) is 15.5 Å². The largest absolute Gasteiger partial charge is 0.436 e. The minimum absolute atomic E-state index is 0.108. The van der Waals surface area contributed by atoms with Gasteiger partial charge in [-0.2, -0.15) is 0 Å². The highest BCUT2D eigenvalue weighted by atomic mass is 35.5. The van der Waals surface area contributed by atoms with E-state index >= 15 is 0 Å². The van der Waals surface area contributed by atoms with E-state index in [0.717, 1.165) is 12.8 Å². The van der Waals surface area contributed by atoms with E-state index in [9.17, 15) is 4.79 Å². The van der Waals surface area contributed by atoms with Crippen molar-refractivity contribution in [2.45, 2.75) is 18.9 Å². The van der Waals surface area contributed by atoms with Gasteiger partial charge in [0.05, 0.1) is 5.02 Å². The SMILES string of the molecule is O=C(NC1CCOCC1)c1ccc(Oc2ccc(Cl)cc2Cl)nn1. The quantitative estimate of drug-likeness (QED) is 0.895. The van der Waals surface area contributed by atoms with Crippen LogP contribution < -0.4 is 10.1 Å². The van der Waals surface area contributed by atoms with Crippen LogP contribution in [0.1, 0.15) is 23.3 Å². The smallest absolute Gasteiger partial charge is 0.272 e. The Bertz CT molecular complexity index is 719. The molecule has 1 N–H and O–H groups in total. The average molecular weight is 368 g/mol. The summed E-state index contributed by atoms with van der Waals surface area (Å²) >= 11 is 11.9. The molecule has 6 nitrogen and oxygen atoms in total. The second kappa shape index (κ2) is 7.79. The van der Waals surface area contributed by atoms with Gasteiger partial charge in [-0.3, -0.25) is 4.79 Å². The number of nitrogens with zero attached hydrogens (tertiary/aromatic N) is 2. The highest BCUT2D eigenvalue weighted by molar-refractivity contribution is 6.35. The molecule has 1 amide bonds. The Hall–Kier alpha value is -1.89. The fraction of sp³-hybridized carbons (Fsp3) is 0.312. The lowest BCUT2D eigenvalue weighted by molar-refractivity contribution is 0.0693. The van der Waals surface area contributed by atoms with Gasteiger partial charge in [-0.05, 0) is 37.1 Å². The molecule has 1 aromatic heterocycles. The van der Waals surface area contributed by atoms with E-state index < -0.39 is 0 Å². The molecule has 0 aliphatic carbocycles. The number of halogens is 2. The van der Waals surface area contributed by atoms with Gasteiger partial charge in [0.15, 0.2) is 5.69 Å². The summed E-state index contributed by atoms with van der Waals surface area (Å²) in [6.07, 6.45) is 1.60. The lowest BCUT2D eigenvalue weighted by Gasteiger charge is -2.22. The van der Waals surface area contributed by atoms with Crippen LogP contribution in [0.25, 0.3) is 0 Å². The van der Waals surface area contributed by atoms with Crippen molar-refractivity contribution in [2.24, 2.45) is 0 Å². The molecule has 0 unspecified atom stereocenters. The summed E-state index contributed by atoms with van der Waals surface area (Å²) in [4.78, 5) is 12.1. The molecule has 3 rings (SSSR count). The molecule has 126 valence electrons. The molecule has 1 saturated heterocycles. The number of carbonyl (C=O) groups excluding carboxylic acids is 1. The van der Waals surface area contributed by atoms with Crippen LogP contribution in [0.4, 0.5) is 0 Å². The number of rotatable bonds is 4. The highest BCUT2D eigenvalue weighted by Gasteiger charge is 2.18. The Labute approximate surface area is 149 Å². The van der Waals surface area contributed by atoms with E-state index in [1.165, 1.54) is 0 Å². The van der Waals surface area contributed by atoms with E-state index in [1.807, 2.05) is 0 Å². The molecule has 2 heterocycles. The van der Waals surface area contributed by atoms with Gasteiger partial charge in [0.25, 0.3) is 5.91 Å². The summed E-state index contributed by atoms with van der Waals surface area (Å²) in [5.74, 6) is 0.391. The Morgan fingerprint density at radius 1 is 1.17 bits per heavy atom. The van der Waals surface area contributed by atoms with Crippen LogP contribution in [0, 0.1) is 0 Å². The topological polar surface area (TPSA) is 73.3 Å². The molecule has 1 aliphatic heterocycles. The number of hydrogen-bond acceptors (Lipinski definition) is 5. The van der Waals surface area contributed by atoms with Crippen LogP contribution in [0.2, 0.25) is 10.0 Å². The van der Waals surface area contributed by atoms with Crippen LogP contribution in [0.3, 0.4) is 0 Å². The Balaban J connectivity index is 1.63. The third kappa shape index (κ3) is 4.35. The predicted molar refractivity (Wildman–Crippen MR) is 89.9 cm³/mol. The van der Waals surface area contributed by atoms with Gasteiger partial charge < -0.3 is 14.8 Å². The molecule has 0 radical (unpaired) electrons. The van der Waals surface area contributed by atoms with Crippen LogP contribution in [0.15, 0.2) is 30.3 Å². The Morgan fingerprint density at radius 2 is 1.96 bits per heavy atom. The third-order valence-electron chi connectivity index (χ3n) is 3.54. The highest BCUT2D eigenvalue weighted by Crippen LogP contribution is 2.30. The maximum atomic E-state index is 12.1. The first-order valence-electron chi connectivity index (χ1n) is 7.47. The predicted octanol–water partition coefficient (Wildman–Crippen LogP) is 3.48. The standard InChI is InChI=1S/C16H15Cl2N3O3/c17-10-1-3-14(12(18)9-10)24-15-4-2-13(20-21-15)16(22)19-11-5-7-23-8-6-11/h1-4,9,11H,5-8H2,(H,19,22). The normalized spacial score (nSPS) is 15.1. The molecule has 2 aromatic rings. The van der Waals surface area contributed by atoms with E-state index in [-0.39, 0.29) is 23.5 Å². The number of nitrogens with one attached hydrogen (secondary N) is 1. The van der Waals surface area contributed by atoms with Crippen molar-refractivity contribution in [3.8, 4) is 11.6 Å². The van der Waals surface area contributed by atoms with Crippen molar-refractivity contribution >= 4 is 29.1 Å². The number of aromatic nitrogens is 2. The molecule has 8 heteroatoms. The van der Waals surface area contributed by atoms with E-state index in [2.05, 4.69) is 15.5 Å². The van der Waals surface area contributed by atoms with Gasteiger partial charge in [-0.25, -0.2) is 0 Å². The first kappa shape index (κ1) is 17.0. The van der Waals surface area contributed by atoms with Gasteiger partial charge in [-0.1, -0.05) is 23.2 Å². The molecule has 1 fully saturated rings. The van der Waals surface area contributed by atoms with Gasteiger partial charge in [-0.15, -0.1) is 10.2 Å². The zero-order chi connectivity index (χ0) is 16.9. The minimum atomic E-state index is -0.259. The van der Waals surface area contributed by atoms with Crippen LogP contribution >= 0.6 is 23.2 Å². The zero-order valence-corrected chi connectivity index (χ0v) is 14.2. The van der Waals surface area contributed by atoms with Crippen LogP contribution in [-0.4, -0.2) is 35.4 Å². The molecule has 1 aliphatic rings.